The molecule has 0 bridgehead atoms. The maximum absolute atomic E-state index is 12.8. The fourth-order valence-corrected chi connectivity index (χ4v) is 3.67. The molecule has 3 aromatic rings. The largest absolute Gasteiger partial charge is 0.399 e. The van der Waals surface area contributed by atoms with E-state index in [0.29, 0.717) is 11.3 Å². The second kappa shape index (κ2) is 7.46. The zero-order chi connectivity index (χ0) is 19.7. The molecule has 28 heavy (non-hydrogen) atoms. The van der Waals surface area contributed by atoms with Gasteiger partial charge in [-0.2, -0.15) is 0 Å². The quantitative estimate of drug-likeness (QED) is 0.674. The Bertz CT molecular complexity index is 1040. The maximum Gasteiger partial charge on any atom is 0.256 e. The Morgan fingerprint density at radius 3 is 2.71 bits per heavy atom. The summed E-state index contributed by atoms with van der Waals surface area (Å²) in [6.07, 6.45) is 4.49. The normalized spacial score (nSPS) is 13.6. The van der Waals surface area contributed by atoms with Crippen LogP contribution in [0.3, 0.4) is 0 Å². The first-order valence-electron chi connectivity index (χ1n) is 9.73. The van der Waals surface area contributed by atoms with Gasteiger partial charge >= 0.3 is 0 Å². The van der Waals surface area contributed by atoms with E-state index in [4.69, 9.17) is 5.73 Å². The van der Waals surface area contributed by atoms with Crippen molar-refractivity contribution in [1.82, 2.24) is 14.8 Å². The van der Waals surface area contributed by atoms with E-state index in [0.717, 1.165) is 59.8 Å². The summed E-state index contributed by atoms with van der Waals surface area (Å²) >= 11 is 0. The van der Waals surface area contributed by atoms with Gasteiger partial charge in [0.2, 0.25) is 0 Å². The molecule has 6 nitrogen and oxygen atoms in total. The number of amides is 1. The summed E-state index contributed by atoms with van der Waals surface area (Å²) in [7, 11) is 0. The molecule has 0 spiro atoms. The third-order valence-electron chi connectivity index (χ3n) is 5.36. The minimum atomic E-state index is -0.162. The molecule has 0 unspecified atom stereocenters. The number of carbonyl (C=O) groups is 1. The Hall–Kier alpha value is -3.15. The van der Waals surface area contributed by atoms with E-state index in [1.807, 2.05) is 38.1 Å². The van der Waals surface area contributed by atoms with Gasteiger partial charge in [0, 0.05) is 35.5 Å². The first-order chi connectivity index (χ1) is 13.5. The van der Waals surface area contributed by atoms with Crippen molar-refractivity contribution in [2.45, 2.75) is 46.1 Å². The SMILES string of the molecule is Cc1ccc(-c2nnc3n2CCCCC3)cc1NC(=O)c1cc(N)ccc1C. The van der Waals surface area contributed by atoms with E-state index in [1.165, 1.54) is 6.42 Å². The Morgan fingerprint density at radius 2 is 1.86 bits per heavy atom. The molecule has 0 atom stereocenters. The third kappa shape index (κ3) is 3.50. The van der Waals surface area contributed by atoms with Crippen LogP contribution in [0.5, 0.6) is 0 Å². The molecule has 144 valence electrons. The summed E-state index contributed by atoms with van der Waals surface area (Å²) in [4.78, 5) is 12.8. The number of nitrogens with zero attached hydrogens (tertiary/aromatic N) is 3. The van der Waals surface area contributed by atoms with Crippen LogP contribution in [-0.2, 0) is 13.0 Å². The number of fused-ring (bicyclic) bond motifs is 1. The molecule has 0 aliphatic carbocycles. The Morgan fingerprint density at radius 1 is 1.04 bits per heavy atom. The molecule has 6 heteroatoms. The van der Waals surface area contributed by atoms with Gasteiger partial charge in [-0.05, 0) is 56.0 Å². The highest BCUT2D eigenvalue weighted by Crippen LogP contribution is 2.27. The molecule has 1 aliphatic rings. The van der Waals surface area contributed by atoms with Crippen molar-refractivity contribution in [1.29, 1.82) is 0 Å². The minimum absolute atomic E-state index is 0.162. The molecular weight excluding hydrogens is 350 g/mol. The molecule has 1 aliphatic heterocycles. The fourth-order valence-electron chi connectivity index (χ4n) is 3.67. The lowest BCUT2D eigenvalue weighted by atomic mass is 10.1. The third-order valence-corrected chi connectivity index (χ3v) is 5.36. The van der Waals surface area contributed by atoms with Gasteiger partial charge in [0.05, 0.1) is 0 Å². The van der Waals surface area contributed by atoms with Crippen molar-refractivity contribution in [2.24, 2.45) is 0 Å². The number of hydrogen-bond donors (Lipinski definition) is 2. The van der Waals surface area contributed by atoms with Crippen LogP contribution < -0.4 is 11.1 Å². The van der Waals surface area contributed by atoms with Gasteiger partial charge in [0.25, 0.3) is 5.91 Å². The molecule has 0 saturated heterocycles. The highest BCUT2D eigenvalue weighted by atomic mass is 16.1. The average Bonchev–Trinajstić information content (AvgIpc) is 2.93. The monoisotopic (exact) mass is 375 g/mol. The lowest BCUT2D eigenvalue weighted by Crippen LogP contribution is -2.14. The van der Waals surface area contributed by atoms with E-state index in [1.54, 1.807) is 12.1 Å². The standard InChI is InChI=1S/C22H25N5O/c1-14-8-10-17(23)13-18(14)22(28)24-19-12-16(9-7-15(19)2)21-26-25-20-6-4-3-5-11-27(20)21/h7-10,12-13H,3-6,11,23H2,1-2H3,(H,24,28). The Kier molecular flexibility index (Phi) is 4.86. The van der Waals surface area contributed by atoms with Crippen molar-refractivity contribution >= 4 is 17.3 Å². The highest BCUT2D eigenvalue weighted by Gasteiger charge is 2.17. The molecule has 1 amide bonds. The van der Waals surface area contributed by atoms with Gasteiger partial charge in [0.15, 0.2) is 5.82 Å². The molecule has 3 N–H and O–H groups in total. The van der Waals surface area contributed by atoms with E-state index < -0.39 is 0 Å². The van der Waals surface area contributed by atoms with E-state index in [2.05, 4.69) is 20.1 Å². The number of nitrogen functional groups attached to an aromatic ring is 1. The van der Waals surface area contributed by atoms with Crippen LogP contribution in [0.15, 0.2) is 36.4 Å². The first-order valence-corrected chi connectivity index (χ1v) is 9.73. The minimum Gasteiger partial charge on any atom is -0.399 e. The summed E-state index contributed by atoms with van der Waals surface area (Å²) in [5.41, 5.74) is 10.6. The first kappa shape index (κ1) is 18.2. The van der Waals surface area contributed by atoms with Crippen molar-refractivity contribution in [3.05, 3.63) is 58.9 Å². The predicted molar refractivity (Wildman–Crippen MR) is 111 cm³/mol. The molecular formula is C22H25N5O. The molecule has 0 radical (unpaired) electrons. The molecule has 2 aromatic carbocycles. The van der Waals surface area contributed by atoms with Gasteiger partial charge in [-0.15, -0.1) is 10.2 Å². The molecule has 0 fully saturated rings. The summed E-state index contributed by atoms with van der Waals surface area (Å²) in [6, 6.07) is 11.4. The van der Waals surface area contributed by atoms with Crippen LogP contribution in [0.4, 0.5) is 11.4 Å². The Labute approximate surface area is 164 Å². The van der Waals surface area contributed by atoms with Crippen LogP contribution in [0, 0.1) is 13.8 Å². The van der Waals surface area contributed by atoms with Gasteiger partial charge in [-0.25, -0.2) is 0 Å². The molecule has 4 rings (SSSR count). The second-order valence-electron chi connectivity index (χ2n) is 7.46. The van der Waals surface area contributed by atoms with Gasteiger partial charge < -0.3 is 15.6 Å². The van der Waals surface area contributed by atoms with Crippen LogP contribution in [0.1, 0.15) is 46.6 Å². The van der Waals surface area contributed by atoms with Crippen LogP contribution in [-0.4, -0.2) is 20.7 Å². The summed E-state index contributed by atoms with van der Waals surface area (Å²) in [5.74, 6) is 1.76. The number of rotatable bonds is 3. The average molecular weight is 375 g/mol. The van der Waals surface area contributed by atoms with E-state index >= 15 is 0 Å². The zero-order valence-corrected chi connectivity index (χ0v) is 16.3. The lowest BCUT2D eigenvalue weighted by molar-refractivity contribution is 0.102. The number of carbonyl (C=O) groups excluding carboxylic acids is 1. The molecule has 1 aromatic heterocycles. The number of aryl methyl sites for hydroxylation is 3. The molecule has 0 saturated carbocycles. The smallest absolute Gasteiger partial charge is 0.256 e. The van der Waals surface area contributed by atoms with Gasteiger partial charge in [0.1, 0.15) is 5.82 Å². The van der Waals surface area contributed by atoms with E-state index in [-0.39, 0.29) is 5.91 Å². The fraction of sp³-hybridized carbons (Fsp3) is 0.318. The maximum atomic E-state index is 12.8. The van der Waals surface area contributed by atoms with Gasteiger partial charge in [-0.3, -0.25) is 4.79 Å². The number of nitrogens with one attached hydrogen (secondary N) is 1. The predicted octanol–water partition coefficient (Wildman–Crippen LogP) is 4.12. The van der Waals surface area contributed by atoms with Crippen molar-refractivity contribution < 1.29 is 4.79 Å². The number of nitrogens with two attached hydrogens (primary N) is 1. The lowest BCUT2D eigenvalue weighted by Gasteiger charge is -2.13. The zero-order valence-electron chi connectivity index (χ0n) is 16.3. The van der Waals surface area contributed by atoms with Crippen LogP contribution in [0.2, 0.25) is 0 Å². The van der Waals surface area contributed by atoms with Crippen molar-refractivity contribution in [3.8, 4) is 11.4 Å². The topological polar surface area (TPSA) is 85.8 Å². The van der Waals surface area contributed by atoms with Crippen LogP contribution >= 0.6 is 0 Å². The Balaban J connectivity index is 1.66. The number of hydrogen-bond acceptors (Lipinski definition) is 4. The highest BCUT2D eigenvalue weighted by molar-refractivity contribution is 6.06. The van der Waals surface area contributed by atoms with E-state index in [9.17, 15) is 4.79 Å². The van der Waals surface area contributed by atoms with Crippen molar-refractivity contribution in [2.75, 3.05) is 11.1 Å². The summed E-state index contributed by atoms with van der Waals surface area (Å²) in [5, 5.41) is 11.9. The number of anilines is 2. The number of benzene rings is 2. The summed E-state index contributed by atoms with van der Waals surface area (Å²) < 4.78 is 2.21. The van der Waals surface area contributed by atoms with Gasteiger partial charge in [-0.1, -0.05) is 24.6 Å². The summed E-state index contributed by atoms with van der Waals surface area (Å²) in [6.45, 7) is 4.83. The van der Waals surface area contributed by atoms with Crippen molar-refractivity contribution in [3.63, 3.8) is 0 Å². The number of aromatic nitrogens is 3. The molecule has 2 heterocycles. The van der Waals surface area contributed by atoms with Crippen LogP contribution in [0.25, 0.3) is 11.4 Å². The second-order valence-corrected chi connectivity index (χ2v) is 7.46.